The lowest BCUT2D eigenvalue weighted by Crippen LogP contribution is -2.30. The van der Waals surface area contributed by atoms with Gasteiger partial charge >= 0.3 is 0 Å². The van der Waals surface area contributed by atoms with E-state index in [0.29, 0.717) is 6.04 Å². The number of hydrogen-bond donors (Lipinski definition) is 1. The molecule has 1 N–H and O–H groups in total. The van der Waals surface area contributed by atoms with Crippen LogP contribution in [0.2, 0.25) is 0 Å². The van der Waals surface area contributed by atoms with Gasteiger partial charge in [0.15, 0.2) is 0 Å². The monoisotopic (exact) mass is 273 g/mol. The summed E-state index contributed by atoms with van der Waals surface area (Å²) in [7, 11) is 0. The second-order valence-corrected chi connectivity index (χ2v) is 5.45. The van der Waals surface area contributed by atoms with Crippen LogP contribution < -0.4 is 0 Å². The maximum Gasteiger partial charge on any atom is 0.135 e. The zero-order valence-corrected chi connectivity index (χ0v) is 10.8. The fraction of sp³-hybridized carbons (Fsp3) is 0.231. The highest BCUT2D eigenvalue weighted by Crippen LogP contribution is 2.33. The number of thiazole rings is 1. The van der Waals surface area contributed by atoms with Gasteiger partial charge in [-0.15, -0.1) is 11.3 Å². The molecular weight excluding hydrogens is 262 g/mol. The Kier molecular flexibility index (Phi) is 2.33. The summed E-state index contributed by atoms with van der Waals surface area (Å²) < 4.78 is 7.90. The largest absolute Gasteiger partial charge is 0.506 e. The normalized spacial score (nSPS) is 15.8. The SMILES string of the molecule is Oc1cc(-c2cnn(C3COC3)c2)cc2ncsc12. The Labute approximate surface area is 113 Å². The molecule has 1 fully saturated rings. The van der Waals surface area contributed by atoms with Crippen LogP contribution in [0.3, 0.4) is 0 Å². The van der Waals surface area contributed by atoms with Gasteiger partial charge in [-0.3, -0.25) is 4.68 Å². The first-order valence-electron chi connectivity index (χ1n) is 6.00. The lowest BCUT2D eigenvalue weighted by atomic mass is 10.1. The molecule has 5 nitrogen and oxygen atoms in total. The number of phenols is 1. The Morgan fingerprint density at radius 2 is 2.21 bits per heavy atom. The molecule has 1 saturated heterocycles. The fourth-order valence-electron chi connectivity index (χ4n) is 2.18. The van der Waals surface area contributed by atoms with Crippen LogP contribution in [0.4, 0.5) is 0 Å². The van der Waals surface area contributed by atoms with Crippen molar-refractivity contribution >= 4 is 21.6 Å². The van der Waals surface area contributed by atoms with Gasteiger partial charge in [-0.05, 0) is 17.7 Å². The van der Waals surface area contributed by atoms with Gasteiger partial charge in [0.2, 0.25) is 0 Å². The molecule has 0 saturated carbocycles. The average Bonchev–Trinajstić information content (AvgIpc) is 2.94. The highest BCUT2D eigenvalue weighted by atomic mass is 32.1. The third-order valence-corrected chi connectivity index (χ3v) is 4.21. The number of aromatic hydroxyl groups is 1. The molecule has 6 heteroatoms. The molecule has 2 aromatic heterocycles. The molecule has 1 aromatic carbocycles. The number of hydrogen-bond acceptors (Lipinski definition) is 5. The van der Waals surface area contributed by atoms with E-state index < -0.39 is 0 Å². The van der Waals surface area contributed by atoms with Crippen LogP contribution in [0, 0.1) is 0 Å². The number of phenolic OH excluding ortho intramolecular Hbond substituents is 1. The number of aromatic nitrogens is 3. The van der Waals surface area contributed by atoms with E-state index in [1.807, 2.05) is 23.1 Å². The van der Waals surface area contributed by atoms with Crippen LogP contribution in [0.1, 0.15) is 6.04 Å². The summed E-state index contributed by atoms with van der Waals surface area (Å²) >= 11 is 1.44. The minimum absolute atomic E-state index is 0.273. The Balaban J connectivity index is 1.78. The van der Waals surface area contributed by atoms with Crippen molar-refractivity contribution in [2.75, 3.05) is 13.2 Å². The molecule has 19 heavy (non-hydrogen) atoms. The van der Waals surface area contributed by atoms with Gasteiger partial charge in [0, 0.05) is 11.8 Å². The van der Waals surface area contributed by atoms with Gasteiger partial charge in [-0.1, -0.05) is 0 Å². The van der Waals surface area contributed by atoms with Crippen molar-refractivity contribution in [3.05, 3.63) is 30.0 Å². The standard InChI is InChI=1S/C13H11N3O2S/c17-12-2-8(1-11-13(12)19-7-14-11)9-3-15-16(4-9)10-5-18-6-10/h1-4,7,10,17H,5-6H2. The van der Waals surface area contributed by atoms with Gasteiger partial charge in [-0.2, -0.15) is 5.10 Å². The summed E-state index contributed by atoms with van der Waals surface area (Å²) in [5.74, 6) is 0.273. The first kappa shape index (κ1) is 11.0. The van der Waals surface area contributed by atoms with Crippen molar-refractivity contribution < 1.29 is 9.84 Å². The molecule has 1 aliphatic heterocycles. The van der Waals surface area contributed by atoms with E-state index in [4.69, 9.17) is 4.74 Å². The molecule has 3 heterocycles. The van der Waals surface area contributed by atoms with Gasteiger partial charge < -0.3 is 9.84 Å². The molecular formula is C13H11N3O2S. The zero-order valence-electron chi connectivity index (χ0n) is 9.98. The second-order valence-electron chi connectivity index (χ2n) is 4.60. The Morgan fingerprint density at radius 1 is 1.32 bits per heavy atom. The van der Waals surface area contributed by atoms with Gasteiger partial charge in [0.25, 0.3) is 0 Å². The number of nitrogens with zero attached hydrogens (tertiary/aromatic N) is 3. The van der Waals surface area contributed by atoms with Crippen LogP contribution in [-0.4, -0.2) is 33.1 Å². The Bertz CT molecular complexity index is 745. The number of ether oxygens (including phenoxy) is 1. The topological polar surface area (TPSA) is 60.2 Å². The molecule has 0 unspecified atom stereocenters. The van der Waals surface area contributed by atoms with Crippen molar-refractivity contribution in [2.45, 2.75) is 6.04 Å². The molecule has 0 aliphatic carbocycles. The fourth-order valence-corrected chi connectivity index (χ4v) is 2.86. The third kappa shape index (κ3) is 1.72. The van der Waals surface area contributed by atoms with E-state index in [9.17, 15) is 5.11 Å². The van der Waals surface area contributed by atoms with Gasteiger partial charge in [0.1, 0.15) is 5.75 Å². The maximum atomic E-state index is 10.00. The molecule has 96 valence electrons. The molecule has 0 atom stereocenters. The minimum atomic E-state index is 0.273. The van der Waals surface area contributed by atoms with E-state index in [-0.39, 0.29) is 5.75 Å². The van der Waals surface area contributed by atoms with E-state index in [1.165, 1.54) is 11.3 Å². The van der Waals surface area contributed by atoms with Crippen LogP contribution in [0.15, 0.2) is 30.0 Å². The maximum absolute atomic E-state index is 10.00. The average molecular weight is 273 g/mol. The Hall–Kier alpha value is -1.92. The van der Waals surface area contributed by atoms with Crippen molar-refractivity contribution in [2.24, 2.45) is 0 Å². The number of benzene rings is 1. The van der Waals surface area contributed by atoms with Crippen molar-refractivity contribution in [1.29, 1.82) is 0 Å². The molecule has 0 bridgehead atoms. The number of rotatable bonds is 2. The summed E-state index contributed by atoms with van der Waals surface area (Å²) in [5.41, 5.74) is 4.47. The molecule has 0 amide bonds. The third-order valence-electron chi connectivity index (χ3n) is 3.34. The Morgan fingerprint density at radius 3 is 3.00 bits per heavy atom. The summed E-state index contributed by atoms with van der Waals surface area (Å²) in [6.07, 6.45) is 3.80. The highest BCUT2D eigenvalue weighted by Gasteiger charge is 2.21. The van der Waals surface area contributed by atoms with Crippen LogP contribution in [0.25, 0.3) is 21.3 Å². The first-order chi connectivity index (χ1) is 9.31. The summed E-state index contributed by atoms with van der Waals surface area (Å²) in [5, 5.41) is 14.3. The second kappa shape index (κ2) is 4.04. The summed E-state index contributed by atoms with van der Waals surface area (Å²) in [6.45, 7) is 1.44. The molecule has 0 spiro atoms. The van der Waals surface area contributed by atoms with Crippen molar-refractivity contribution in [1.82, 2.24) is 14.8 Å². The van der Waals surface area contributed by atoms with Gasteiger partial charge in [-0.25, -0.2) is 4.98 Å². The van der Waals surface area contributed by atoms with E-state index in [1.54, 1.807) is 11.6 Å². The van der Waals surface area contributed by atoms with E-state index in [2.05, 4.69) is 10.1 Å². The first-order valence-corrected chi connectivity index (χ1v) is 6.88. The van der Waals surface area contributed by atoms with Crippen molar-refractivity contribution in [3.63, 3.8) is 0 Å². The minimum Gasteiger partial charge on any atom is -0.506 e. The predicted octanol–water partition coefficient (Wildman–Crippen LogP) is 2.44. The molecule has 4 rings (SSSR count). The zero-order chi connectivity index (χ0) is 12.8. The van der Waals surface area contributed by atoms with Crippen LogP contribution >= 0.6 is 11.3 Å². The van der Waals surface area contributed by atoms with Crippen molar-refractivity contribution in [3.8, 4) is 16.9 Å². The van der Waals surface area contributed by atoms with Gasteiger partial charge in [0.05, 0.1) is 41.2 Å². The smallest absolute Gasteiger partial charge is 0.135 e. The van der Waals surface area contributed by atoms with E-state index in [0.717, 1.165) is 34.6 Å². The predicted molar refractivity (Wildman–Crippen MR) is 72.4 cm³/mol. The molecule has 1 aliphatic rings. The lowest BCUT2D eigenvalue weighted by Gasteiger charge is -2.25. The molecule has 0 radical (unpaired) electrons. The van der Waals surface area contributed by atoms with Crippen LogP contribution in [0.5, 0.6) is 5.75 Å². The highest BCUT2D eigenvalue weighted by molar-refractivity contribution is 7.17. The quantitative estimate of drug-likeness (QED) is 0.779. The summed E-state index contributed by atoms with van der Waals surface area (Å²) in [6, 6.07) is 4.08. The lowest BCUT2D eigenvalue weighted by molar-refractivity contribution is -0.0286. The van der Waals surface area contributed by atoms with Crippen LogP contribution in [-0.2, 0) is 4.74 Å². The molecule has 3 aromatic rings. The number of fused-ring (bicyclic) bond motifs is 1. The van der Waals surface area contributed by atoms with E-state index >= 15 is 0 Å². The summed E-state index contributed by atoms with van der Waals surface area (Å²) in [4.78, 5) is 4.25.